The Bertz CT molecular complexity index is 588. The van der Waals surface area contributed by atoms with E-state index in [1.165, 1.54) is 20.4 Å². The average molecular weight is 370 g/mol. The summed E-state index contributed by atoms with van der Waals surface area (Å²) in [5, 5.41) is 1.07. The van der Waals surface area contributed by atoms with Gasteiger partial charge in [0.1, 0.15) is 11.9 Å². The second kappa shape index (κ2) is 9.42. The molecule has 2 rings (SSSR count). The second-order valence-corrected chi connectivity index (χ2v) is 6.45. The van der Waals surface area contributed by atoms with Gasteiger partial charge in [0, 0.05) is 33.2 Å². The third kappa shape index (κ3) is 5.91. The Morgan fingerprint density at radius 3 is 2.27 bits per heavy atom. The lowest BCUT2D eigenvalue weighted by Crippen LogP contribution is -2.50. The van der Waals surface area contributed by atoms with Crippen LogP contribution in [0.4, 0.5) is 10.8 Å². The Morgan fingerprint density at radius 1 is 1.19 bits per heavy atom. The van der Waals surface area contributed by atoms with E-state index in [9.17, 15) is 9.59 Å². The van der Waals surface area contributed by atoms with Gasteiger partial charge in [-0.2, -0.15) is 4.98 Å². The minimum atomic E-state index is -0.514. The van der Waals surface area contributed by atoms with Crippen LogP contribution in [0.3, 0.4) is 0 Å². The summed E-state index contributed by atoms with van der Waals surface area (Å²) in [5.74, 6) is -0.389. The minimum Gasteiger partial charge on any atom is -0.444 e. The molecule has 1 aromatic rings. The van der Waals surface area contributed by atoms with Gasteiger partial charge in [0.05, 0.1) is 7.11 Å². The van der Waals surface area contributed by atoms with Crippen molar-refractivity contribution in [1.82, 2.24) is 14.9 Å². The molecule has 0 bridgehead atoms. The van der Waals surface area contributed by atoms with Gasteiger partial charge in [-0.1, -0.05) is 13.8 Å². The Labute approximate surface area is 154 Å². The smallest absolute Gasteiger partial charge is 0.410 e. The molecule has 1 fully saturated rings. The van der Waals surface area contributed by atoms with Gasteiger partial charge in [0.2, 0.25) is 0 Å². The maximum absolute atomic E-state index is 12.0. The predicted octanol–water partition coefficient (Wildman–Crippen LogP) is 2.39. The fourth-order valence-corrected chi connectivity index (χ4v) is 2.16. The maximum Gasteiger partial charge on any atom is 0.410 e. The molecule has 0 atom stereocenters. The summed E-state index contributed by atoms with van der Waals surface area (Å²) >= 11 is 0. The van der Waals surface area contributed by atoms with Gasteiger partial charge in [0.25, 0.3) is 11.9 Å². The molecule has 148 valence electrons. The molecule has 0 saturated carbocycles. The first kappa shape index (κ1) is 21.8. The summed E-state index contributed by atoms with van der Waals surface area (Å²) in [6.07, 6.45) is 0.972. The molecule has 0 aliphatic carbocycles. The first-order chi connectivity index (χ1) is 12.2. The average Bonchev–Trinajstić information content (AvgIpc) is 3.11. The Morgan fingerprint density at radius 2 is 1.77 bits per heavy atom. The summed E-state index contributed by atoms with van der Waals surface area (Å²) in [6.45, 7) is 11.6. The van der Waals surface area contributed by atoms with Gasteiger partial charge in [-0.3, -0.25) is 9.63 Å². The molecular weight excluding hydrogens is 340 g/mol. The zero-order chi connectivity index (χ0) is 19.9. The van der Waals surface area contributed by atoms with Crippen LogP contribution >= 0.6 is 0 Å². The van der Waals surface area contributed by atoms with E-state index >= 15 is 0 Å². The molecule has 0 aromatic carbocycles. The fourth-order valence-electron chi connectivity index (χ4n) is 2.16. The van der Waals surface area contributed by atoms with Crippen LogP contribution in [0.1, 0.15) is 45.1 Å². The Kier molecular flexibility index (Phi) is 7.88. The number of ether oxygens (including phenoxy) is 1. The van der Waals surface area contributed by atoms with Gasteiger partial charge in [-0.25, -0.2) is 9.86 Å². The summed E-state index contributed by atoms with van der Waals surface area (Å²) in [4.78, 5) is 36.5. The molecule has 0 spiro atoms. The zero-order valence-electron chi connectivity index (χ0n) is 16.7. The van der Waals surface area contributed by atoms with E-state index < -0.39 is 5.60 Å². The van der Waals surface area contributed by atoms with Crippen LogP contribution in [0.25, 0.3) is 0 Å². The molecule has 1 aromatic heterocycles. The molecule has 1 aliphatic rings. The standard InChI is InChI=1S/C15H24N4O5.C2H6/c1-15(2,3)24-14(21)19-8-6-18(7-9-19)13-16-11(10-23-13)12(20)17(4)22-5;1-2/h10H,6-9H2,1-5H3;1-2H3. The number of rotatable bonds is 3. The van der Waals surface area contributed by atoms with E-state index in [4.69, 9.17) is 14.0 Å². The highest BCUT2D eigenvalue weighted by atomic mass is 16.7. The second-order valence-electron chi connectivity index (χ2n) is 6.45. The summed E-state index contributed by atoms with van der Waals surface area (Å²) < 4.78 is 10.7. The van der Waals surface area contributed by atoms with Crippen molar-refractivity contribution in [3.05, 3.63) is 12.0 Å². The van der Waals surface area contributed by atoms with E-state index in [0.29, 0.717) is 32.2 Å². The van der Waals surface area contributed by atoms with Gasteiger partial charge in [0.15, 0.2) is 5.69 Å². The summed E-state index contributed by atoms with van der Waals surface area (Å²) in [6, 6.07) is 0.353. The van der Waals surface area contributed by atoms with Crippen LogP contribution in [0, 0.1) is 0 Å². The van der Waals surface area contributed by atoms with Crippen LogP contribution in [0.15, 0.2) is 10.7 Å². The lowest BCUT2D eigenvalue weighted by Gasteiger charge is -2.34. The number of hydrogen-bond acceptors (Lipinski definition) is 7. The molecule has 0 radical (unpaired) electrons. The van der Waals surface area contributed by atoms with Crippen molar-refractivity contribution < 1.29 is 23.6 Å². The topological polar surface area (TPSA) is 88.4 Å². The van der Waals surface area contributed by atoms with E-state index in [2.05, 4.69) is 4.98 Å². The van der Waals surface area contributed by atoms with Crippen LogP contribution in [0.5, 0.6) is 0 Å². The van der Waals surface area contributed by atoms with Crippen LogP contribution < -0.4 is 4.90 Å². The third-order valence-electron chi connectivity index (χ3n) is 3.47. The number of piperazine rings is 1. The Hall–Kier alpha value is -2.29. The lowest BCUT2D eigenvalue weighted by atomic mass is 10.2. The molecule has 9 nitrogen and oxygen atoms in total. The first-order valence-corrected chi connectivity index (χ1v) is 8.72. The SMILES string of the molecule is CC.CON(C)C(=O)c1coc(N2CCN(C(=O)OC(C)(C)C)CC2)n1. The third-order valence-corrected chi connectivity index (χ3v) is 3.47. The predicted molar refractivity (Wildman–Crippen MR) is 97.0 cm³/mol. The number of hydroxylamine groups is 2. The number of aromatic nitrogens is 1. The molecule has 2 heterocycles. The van der Waals surface area contributed by atoms with Crippen molar-refractivity contribution in [2.45, 2.75) is 40.2 Å². The van der Waals surface area contributed by atoms with Gasteiger partial charge >= 0.3 is 6.09 Å². The summed E-state index contributed by atoms with van der Waals surface area (Å²) in [5.41, 5.74) is -0.344. The number of anilines is 1. The minimum absolute atomic E-state index is 0.170. The quantitative estimate of drug-likeness (QED) is 0.755. The molecule has 1 saturated heterocycles. The number of hydrogen-bond donors (Lipinski definition) is 0. The van der Waals surface area contributed by atoms with Crippen LogP contribution in [-0.2, 0) is 9.57 Å². The first-order valence-electron chi connectivity index (χ1n) is 8.72. The van der Waals surface area contributed by atoms with Crippen molar-refractivity contribution in [3.8, 4) is 0 Å². The Balaban J connectivity index is 0.00000163. The van der Waals surface area contributed by atoms with Crippen molar-refractivity contribution in [2.75, 3.05) is 45.2 Å². The highest BCUT2D eigenvalue weighted by Crippen LogP contribution is 2.18. The highest BCUT2D eigenvalue weighted by Gasteiger charge is 2.28. The number of oxazole rings is 1. The molecule has 1 aliphatic heterocycles. The van der Waals surface area contributed by atoms with Crippen molar-refractivity contribution in [1.29, 1.82) is 0 Å². The van der Waals surface area contributed by atoms with Crippen LogP contribution in [0.2, 0.25) is 0 Å². The molecule has 0 N–H and O–H groups in total. The van der Waals surface area contributed by atoms with E-state index in [1.54, 1.807) is 4.90 Å². The van der Waals surface area contributed by atoms with Crippen molar-refractivity contribution in [3.63, 3.8) is 0 Å². The van der Waals surface area contributed by atoms with E-state index in [0.717, 1.165) is 5.06 Å². The monoisotopic (exact) mass is 370 g/mol. The number of nitrogens with zero attached hydrogens (tertiary/aromatic N) is 4. The fraction of sp³-hybridized carbons (Fsp3) is 0.706. The molecule has 0 unspecified atom stereocenters. The zero-order valence-corrected chi connectivity index (χ0v) is 16.7. The maximum atomic E-state index is 12.0. The van der Waals surface area contributed by atoms with E-state index in [-0.39, 0.29) is 17.7 Å². The van der Waals surface area contributed by atoms with E-state index in [1.807, 2.05) is 39.5 Å². The summed E-state index contributed by atoms with van der Waals surface area (Å²) in [7, 11) is 2.89. The van der Waals surface area contributed by atoms with Gasteiger partial charge in [-0.05, 0) is 20.8 Å². The van der Waals surface area contributed by atoms with Gasteiger partial charge < -0.3 is 19.0 Å². The molecule has 2 amide bonds. The largest absolute Gasteiger partial charge is 0.444 e. The van der Waals surface area contributed by atoms with Crippen molar-refractivity contribution >= 4 is 18.0 Å². The van der Waals surface area contributed by atoms with Crippen LogP contribution in [-0.4, -0.2) is 72.9 Å². The molecular formula is C17H30N4O5. The lowest BCUT2D eigenvalue weighted by molar-refractivity contribution is -0.0760. The molecule has 26 heavy (non-hydrogen) atoms. The number of carbonyl (C=O) groups is 2. The normalized spacial score (nSPS) is 14.4. The van der Waals surface area contributed by atoms with Gasteiger partial charge in [-0.15, -0.1) is 0 Å². The van der Waals surface area contributed by atoms with Crippen molar-refractivity contribution in [2.24, 2.45) is 0 Å². The highest BCUT2D eigenvalue weighted by molar-refractivity contribution is 5.91. The molecule has 9 heteroatoms. The number of carbonyl (C=O) groups excluding carboxylic acids is 2. The number of amides is 2.